The molecule has 2 fully saturated rings. The molecule has 0 aromatic heterocycles. The van der Waals surface area contributed by atoms with Gasteiger partial charge in [-0.1, -0.05) is 18.2 Å². The van der Waals surface area contributed by atoms with Crippen LogP contribution >= 0.6 is 0 Å². The second-order valence-electron chi connectivity index (χ2n) is 6.95. The zero-order valence-electron chi connectivity index (χ0n) is 16.6. The monoisotopic (exact) mass is 492 g/mol. The summed E-state index contributed by atoms with van der Waals surface area (Å²) in [5, 5.41) is 69.3. The minimum absolute atomic E-state index is 0. The van der Waals surface area contributed by atoms with Crippen LogP contribution in [-0.4, -0.2) is 168 Å². The fourth-order valence-corrected chi connectivity index (χ4v) is 3.05. The normalized spacial score (nSPS) is 40.0. The standard InChI is InChI=1S/C18H28O13.K.H/c1-2-3-4-5-11(21)31-27-7-10-12(22)14(24)15(25)17(28-10)30-18(8-20)16(26)13(23)9(6-19)29-18;;/h2-5,9-10,12-17,19-20,22-26H,6-8H2,1H3;;/b3-2+,5-4+;;/t9-,10-,12-,13-,14+,15-,16+,17-,18+;;/m1../s1. The second-order valence-corrected chi connectivity index (χ2v) is 6.95. The van der Waals surface area contributed by atoms with Crippen molar-refractivity contribution < 1.29 is 64.5 Å². The molecule has 7 N–H and O–H groups in total. The third-order valence-electron chi connectivity index (χ3n) is 4.80. The molecule has 0 bridgehead atoms. The van der Waals surface area contributed by atoms with E-state index in [0.29, 0.717) is 0 Å². The molecule has 2 aliphatic heterocycles. The molecule has 0 aromatic rings. The van der Waals surface area contributed by atoms with E-state index in [1.807, 2.05) is 0 Å². The Labute approximate surface area is 226 Å². The average Bonchev–Trinajstić information content (AvgIpc) is 3.00. The van der Waals surface area contributed by atoms with Gasteiger partial charge in [0, 0.05) is 6.08 Å². The molecule has 2 heterocycles. The van der Waals surface area contributed by atoms with E-state index in [1.165, 1.54) is 6.08 Å². The Kier molecular flexibility index (Phi) is 13.1. The fourth-order valence-electron chi connectivity index (χ4n) is 3.05. The molecule has 0 aromatic carbocycles. The van der Waals surface area contributed by atoms with Gasteiger partial charge in [0.05, 0.1) is 6.61 Å². The molecule has 0 spiro atoms. The Morgan fingerprint density at radius 3 is 2.25 bits per heavy atom. The number of carbonyl (C=O) groups is 1. The van der Waals surface area contributed by atoms with E-state index in [4.69, 9.17) is 19.1 Å². The van der Waals surface area contributed by atoms with Crippen molar-refractivity contribution in [3.05, 3.63) is 24.3 Å². The van der Waals surface area contributed by atoms with Gasteiger partial charge in [-0.15, -0.1) is 0 Å². The quantitative estimate of drug-likeness (QED) is 0.0534. The minimum atomic E-state index is -2.30. The average molecular weight is 493 g/mol. The van der Waals surface area contributed by atoms with Gasteiger partial charge in [-0.3, -0.25) is 4.89 Å². The summed E-state index contributed by atoms with van der Waals surface area (Å²) >= 11 is 0. The zero-order chi connectivity index (χ0) is 23.2. The van der Waals surface area contributed by atoms with Crippen LogP contribution in [0.25, 0.3) is 0 Å². The molecule has 0 saturated carbocycles. The predicted molar refractivity (Wildman–Crippen MR) is 105 cm³/mol. The SMILES string of the molecule is C/C=C/C=C/C(=O)OOC[C@H]1O[C@H](O[C@]2(CO)O[C@H](CO)[C@@H](O)[C@@H]2O)[C@H](O)[C@@H](O)[C@@H]1O.[KH]. The molecule has 13 nitrogen and oxygen atoms in total. The molecular weight excluding hydrogens is 463 g/mol. The number of hydrogen-bond donors (Lipinski definition) is 7. The van der Waals surface area contributed by atoms with E-state index in [9.17, 15) is 40.5 Å². The van der Waals surface area contributed by atoms with Gasteiger partial charge < -0.3 is 50.0 Å². The van der Waals surface area contributed by atoms with Crippen molar-refractivity contribution in [3.63, 3.8) is 0 Å². The Hall–Kier alpha value is 0.146. The maximum atomic E-state index is 11.5. The number of aliphatic hydroxyl groups is 7. The first kappa shape index (κ1) is 30.2. The Bertz CT molecular complexity index is 646. The fraction of sp³-hybridized carbons (Fsp3) is 0.722. The van der Waals surface area contributed by atoms with Crippen LogP contribution in [0, 0.1) is 0 Å². The first-order valence-corrected chi connectivity index (χ1v) is 9.46. The number of carbonyl (C=O) groups excluding carboxylic acids is 1. The number of allylic oxidation sites excluding steroid dienone is 3. The summed E-state index contributed by atoms with van der Waals surface area (Å²) in [7, 11) is 0. The van der Waals surface area contributed by atoms with Crippen LogP contribution in [0.2, 0.25) is 0 Å². The molecule has 2 saturated heterocycles. The van der Waals surface area contributed by atoms with Crippen LogP contribution in [-0.2, 0) is 28.8 Å². The van der Waals surface area contributed by atoms with Crippen LogP contribution in [0.5, 0.6) is 0 Å². The number of hydrogen-bond acceptors (Lipinski definition) is 13. The summed E-state index contributed by atoms with van der Waals surface area (Å²) in [5.41, 5.74) is 0. The molecule has 0 unspecified atom stereocenters. The van der Waals surface area contributed by atoms with E-state index in [-0.39, 0.29) is 51.4 Å². The first-order valence-electron chi connectivity index (χ1n) is 9.46. The molecule has 2 aliphatic rings. The van der Waals surface area contributed by atoms with E-state index < -0.39 is 80.6 Å². The van der Waals surface area contributed by atoms with Gasteiger partial charge in [-0.25, -0.2) is 4.79 Å². The first-order chi connectivity index (χ1) is 14.7. The number of aliphatic hydroxyl groups excluding tert-OH is 7. The van der Waals surface area contributed by atoms with Crippen LogP contribution in [0.3, 0.4) is 0 Å². The molecule has 32 heavy (non-hydrogen) atoms. The molecule has 14 heteroatoms. The van der Waals surface area contributed by atoms with Gasteiger partial charge in [-0.05, 0) is 6.92 Å². The van der Waals surface area contributed by atoms with Gasteiger partial charge >= 0.3 is 57.4 Å². The van der Waals surface area contributed by atoms with Gasteiger partial charge in [0.25, 0.3) is 0 Å². The maximum absolute atomic E-state index is 11.5. The van der Waals surface area contributed by atoms with Crippen molar-refractivity contribution in [2.75, 3.05) is 19.8 Å². The Morgan fingerprint density at radius 1 is 1.00 bits per heavy atom. The Morgan fingerprint density at radius 2 is 1.69 bits per heavy atom. The number of ether oxygens (including phenoxy) is 3. The second kappa shape index (κ2) is 13.9. The van der Waals surface area contributed by atoms with Crippen molar-refractivity contribution in [1.82, 2.24) is 0 Å². The third-order valence-corrected chi connectivity index (χ3v) is 4.80. The van der Waals surface area contributed by atoms with E-state index >= 15 is 0 Å². The van der Waals surface area contributed by atoms with Crippen molar-refractivity contribution in [1.29, 1.82) is 0 Å². The molecule has 2 rings (SSSR count). The summed E-state index contributed by atoms with van der Waals surface area (Å²) in [6, 6.07) is 0. The summed E-state index contributed by atoms with van der Waals surface area (Å²) in [6.45, 7) is -0.549. The zero-order valence-corrected chi connectivity index (χ0v) is 16.6. The molecule has 0 amide bonds. The van der Waals surface area contributed by atoms with Gasteiger partial charge in [0.2, 0.25) is 5.79 Å². The van der Waals surface area contributed by atoms with Crippen molar-refractivity contribution in [2.45, 2.75) is 61.7 Å². The summed E-state index contributed by atoms with van der Waals surface area (Å²) < 4.78 is 15.9. The topological polar surface area (TPSA) is 205 Å². The van der Waals surface area contributed by atoms with Gasteiger partial charge in [0.1, 0.15) is 55.9 Å². The van der Waals surface area contributed by atoms with Crippen molar-refractivity contribution >= 4 is 57.4 Å². The summed E-state index contributed by atoms with van der Waals surface area (Å²) in [6.07, 6.45) is -7.54. The van der Waals surface area contributed by atoms with Gasteiger partial charge in [0.15, 0.2) is 6.29 Å². The molecule has 0 aliphatic carbocycles. The Balaban J connectivity index is 0.00000512. The summed E-state index contributed by atoms with van der Waals surface area (Å²) in [4.78, 5) is 20.6. The molecule has 180 valence electrons. The van der Waals surface area contributed by atoms with E-state index in [2.05, 4.69) is 4.89 Å². The van der Waals surface area contributed by atoms with Crippen LogP contribution < -0.4 is 0 Å². The van der Waals surface area contributed by atoms with Crippen LogP contribution in [0.15, 0.2) is 24.3 Å². The van der Waals surface area contributed by atoms with E-state index in [0.717, 1.165) is 6.08 Å². The van der Waals surface area contributed by atoms with Gasteiger partial charge in [-0.2, -0.15) is 4.89 Å². The van der Waals surface area contributed by atoms with Crippen LogP contribution in [0.4, 0.5) is 0 Å². The van der Waals surface area contributed by atoms with E-state index in [1.54, 1.807) is 19.1 Å². The third kappa shape index (κ3) is 7.08. The summed E-state index contributed by atoms with van der Waals surface area (Å²) in [5.74, 6) is -3.15. The van der Waals surface area contributed by atoms with Crippen LogP contribution in [0.1, 0.15) is 6.92 Å². The molecular formula is C18H29KO13. The molecule has 0 radical (unpaired) electrons. The predicted octanol–water partition coefficient (Wildman–Crippen LogP) is -4.43. The number of rotatable bonds is 9. The molecule has 9 atom stereocenters. The van der Waals surface area contributed by atoms with Crippen molar-refractivity contribution in [3.8, 4) is 0 Å². The van der Waals surface area contributed by atoms with Crippen molar-refractivity contribution in [2.24, 2.45) is 0 Å².